The van der Waals surface area contributed by atoms with E-state index in [1.165, 1.54) is 5.39 Å². The smallest absolute Gasteiger partial charge is 0.260 e. The average Bonchev–Trinajstić information content (AvgIpc) is 3.54. The van der Waals surface area contributed by atoms with Crippen LogP contribution in [0.2, 0.25) is 0 Å². The molecule has 3 heterocycles. The van der Waals surface area contributed by atoms with Crippen molar-refractivity contribution < 1.29 is 13.9 Å². The number of furan rings is 1. The number of nitrogens with zero attached hydrogens (tertiary/aromatic N) is 1. The van der Waals surface area contributed by atoms with Crippen molar-refractivity contribution in [2.24, 2.45) is 0 Å². The van der Waals surface area contributed by atoms with E-state index >= 15 is 0 Å². The Kier molecular flexibility index (Phi) is 6.01. The molecular weight excluding hydrogens is 625 g/mol. The molecule has 0 bridgehead atoms. The molecule has 0 atom stereocenters. The van der Waals surface area contributed by atoms with Gasteiger partial charge in [-0.05, 0) is 87.9 Å². The summed E-state index contributed by atoms with van der Waals surface area (Å²) in [6, 6.07) is 59.3. The summed E-state index contributed by atoms with van der Waals surface area (Å²) in [5.74, 6) is 3.36. The van der Waals surface area contributed by atoms with Gasteiger partial charge < -0.3 is 18.8 Å². The number of para-hydroxylation sites is 2. The van der Waals surface area contributed by atoms with Crippen LogP contribution in [0.3, 0.4) is 0 Å². The lowest BCUT2D eigenvalue weighted by Crippen LogP contribution is -2.57. The van der Waals surface area contributed by atoms with Gasteiger partial charge in [0, 0.05) is 44.9 Å². The predicted octanol–water partition coefficient (Wildman–Crippen LogP) is 10.6. The Balaban J connectivity index is 1.12. The highest BCUT2D eigenvalue weighted by atomic mass is 16.5. The number of ether oxygens (including phenoxy) is 2. The quantitative estimate of drug-likeness (QED) is 0.177. The van der Waals surface area contributed by atoms with Gasteiger partial charge in [0.25, 0.3) is 6.71 Å². The van der Waals surface area contributed by atoms with Crippen molar-refractivity contribution >= 4 is 72.9 Å². The van der Waals surface area contributed by atoms with Crippen molar-refractivity contribution in [2.45, 2.75) is 0 Å². The summed E-state index contributed by atoms with van der Waals surface area (Å²) < 4.78 is 20.3. The topological polar surface area (TPSA) is 34.8 Å². The molecule has 0 aliphatic carbocycles. The molecule has 0 radical (unpaired) electrons. The summed E-state index contributed by atoms with van der Waals surface area (Å²) in [5, 5.41) is 4.41. The minimum atomic E-state index is -0.101. The van der Waals surface area contributed by atoms with E-state index in [1.807, 2.05) is 24.3 Å². The van der Waals surface area contributed by atoms with Gasteiger partial charge in [-0.1, -0.05) is 103 Å². The van der Waals surface area contributed by atoms with E-state index in [0.29, 0.717) is 0 Å². The van der Waals surface area contributed by atoms with Crippen molar-refractivity contribution in [1.82, 2.24) is 0 Å². The van der Waals surface area contributed by atoms with E-state index in [4.69, 9.17) is 13.9 Å². The Morgan fingerprint density at radius 2 is 1.10 bits per heavy atom. The summed E-state index contributed by atoms with van der Waals surface area (Å²) in [6.07, 6.45) is 0. The minimum absolute atomic E-state index is 0.101. The zero-order valence-corrected chi connectivity index (χ0v) is 27.4. The molecule has 0 fully saturated rings. The molecule has 2 aliphatic heterocycles. The molecule has 1 aromatic heterocycles. The molecule has 0 saturated carbocycles. The van der Waals surface area contributed by atoms with Crippen LogP contribution in [-0.4, -0.2) is 6.71 Å². The first-order valence-electron chi connectivity index (χ1n) is 17.3. The van der Waals surface area contributed by atoms with E-state index in [0.717, 1.165) is 94.9 Å². The third kappa shape index (κ3) is 4.28. The van der Waals surface area contributed by atoms with Crippen molar-refractivity contribution in [3.8, 4) is 34.1 Å². The molecule has 0 amide bonds. The molecule has 0 spiro atoms. The number of anilines is 3. The van der Waals surface area contributed by atoms with Crippen LogP contribution in [0.4, 0.5) is 17.1 Å². The maximum absolute atomic E-state index is 6.87. The van der Waals surface area contributed by atoms with Gasteiger partial charge in [-0.25, -0.2) is 0 Å². The van der Waals surface area contributed by atoms with Crippen molar-refractivity contribution in [3.05, 3.63) is 170 Å². The van der Waals surface area contributed by atoms with Gasteiger partial charge >= 0.3 is 0 Å². The van der Waals surface area contributed by atoms with Crippen LogP contribution in [0.1, 0.15) is 0 Å². The molecule has 11 rings (SSSR count). The summed E-state index contributed by atoms with van der Waals surface area (Å²) in [7, 11) is 0. The van der Waals surface area contributed by atoms with Crippen LogP contribution in [0.15, 0.2) is 174 Å². The van der Waals surface area contributed by atoms with Crippen LogP contribution in [0.5, 0.6) is 23.0 Å². The van der Waals surface area contributed by atoms with E-state index in [-0.39, 0.29) is 6.71 Å². The minimum Gasteiger partial charge on any atom is -0.458 e. The van der Waals surface area contributed by atoms with E-state index in [1.54, 1.807) is 0 Å². The molecule has 51 heavy (non-hydrogen) atoms. The fourth-order valence-electron chi connectivity index (χ4n) is 8.12. The Bertz CT molecular complexity index is 2770. The van der Waals surface area contributed by atoms with Crippen LogP contribution >= 0.6 is 0 Å². The van der Waals surface area contributed by atoms with Gasteiger partial charge in [-0.15, -0.1) is 0 Å². The van der Waals surface area contributed by atoms with Crippen LogP contribution in [0, 0.1) is 0 Å². The van der Waals surface area contributed by atoms with Crippen LogP contribution < -0.4 is 30.8 Å². The zero-order valence-electron chi connectivity index (χ0n) is 27.4. The summed E-state index contributed by atoms with van der Waals surface area (Å²) in [6.45, 7) is -0.101. The number of hydrogen-bond acceptors (Lipinski definition) is 4. The van der Waals surface area contributed by atoms with Gasteiger partial charge in [0.05, 0.1) is 0 Å². The van der Waals surface area contributed by atoms with Crippen molar-refractivity contribution in [2.75, 3.05) is 4.90 Å². The standard InChI is InChI=1S/C46H28BNO3/c1-4-13-29(14-5-1)44-34-20-11-10-15-30(34)25-38-46(44)51-40-22-12-21-39-45(40)47(38)37-28-42-36(27-43(37)49-39)35-24-23-33(26-41(35)50-42)48(31-16-6-2-7-17-31)32-18-8-3-9-19-32/h1-28H. The fraction of sp³-hybridized carbons (Fsp3) is 0. The molecule has 2 aliphatic rings. The number of rotatable bonds is 4. The average molecular weight is 654 g/mol. The second kappa shape index (κ2) is 10.9. The van der Waals surface area contributed by atoms with Gasteiger partial charge in [0.15, 0.2) is 0 Å². The molecule has 0 N–H and O–H groups in total. The maximum Gasteiger partial charge on any atom is 0.260 e. The van der Waals surface area contributed by atoms with Crippen LogP contribution in [-0.2, 0) is 0 Å². The molecular formula is C46H28BNO3. The van der Waals surface area contributed by atoms with Crippen molar-refractivity contribution in [1.29, 1.82) is 0 Å². The Labute approximate surface area is 294 Å². The summed E-state index contributed by atoms with van der Waals surface area (Å²) in [5.41, 5.74) is 10.3. The fourth-order valence-corrected chi connectivity index (χ4v) is 8.12. The van der Waals surface area contributed by atoms with E-state index < -0.39 is 0 Å². The van der Waals surface area contributed by atoms with Gasteiger partial charge in [-0.3, -0.25) is 0 Å². The SMILES string of the molecule is c1ccc(-c2c3c(cc4ccccc24)B2c4cc5oc6cc(N(c7ccccc7)c7ccccc7)ccc6c5cc4Oc4cccc(c42)O3)cc1. The highest BCUT2D eigenvalue weighted by Crippen LogP contribution is 2.44. The molecule has 0 unspecified atom stereocenters. The zero-order chi connectivity index (χ0) is 33.5. The Morgan fingerprint density at radius 1 is 0.431 bits per heavy atom. The third-order valence-electron chi connectivity index (χ3n) is 10.3. The first kappa shape index (κ1) is 28.2. The molecule has 238 valence electrons. The van der Waals surface area contributed by atoms with Crippen LogP contribution in [0.25, 0.3) is 43.8 Å². The lowest BCUT2D eigenvalue weighted by Gasteiger charge is -2.34. The number of fused-ring (bicyclic) bond motifs is 8. The van der Waals surface area contributed by atoms with Gasteiger partial charge in [0.1, 0.15) is 34.2 Å². The van der Waals surface area contributed by atoms with E-state index in [2.05, 4.69) is 150 Å². The molecule has 0 saturated heterocycles. The third-order valence-corrected chi connectivity index (χ3v) is 10.3. The lowest BCUT2D eigenvalue weighted by atomic mass is 9.34. The van der Waals surface area contributed by atoms with Gasteiger partial charge in [-0.2, -0.15) is 0 Å². The van der Waals surface area contributed by atoms with Crippen molar-refractivity contribution in [3.63, 3.8) is 0 Å². The number of benzene rings is 8. The van der Waals surface area contributed by atoms with E-state index in [9.17, 15) is 0 Å². The summed E-state index contributed by atoms with van der Waals surface area (Å²) >= 11 is 0. The Morgan fingerprint density at radius 3 is 1.86 bits per heavy atom. The first-order valence-corrected chi connectivity index (χ1v) is 17.3. The molecule has 4 nitrogen and oxygen atoms in total. The Hall–Kier alpha value is -6.72. The maximum atomic E-state index is 6.87. The number of hydrogen-bond donors (Lipinski definition) is 0. The lowest BCUT2D eigenvalue weighted by molar-refractivity contribution is 0.466. The second-order valence-corrected chi connectivity index (χ2v) is 13.2. The molecule has 8 aromatic carbocycles. The monoisotopic (exact) mass is 653 g/mol. The normalized spacial score (nSPS) is 12.6. The predicted molar refractivity (Wildman–Crippen MR) is 209 cm³/mol. The highest BCUT2D eigenvalue weighted by molar-refractivity contribution is 6.98. The first-order chi connectivity index (χ1) is 25.3. The largest absolute Gasteiger partial charge is 0.458 e. The second-order valence-electron chi connectivity index (χ2n) is 13.2. The highest BCUT2D eigenvalue weighted by Gasteiger charge is 2.42. The molecule has 5 heteroatoms. The van der Waals surface area contributed by atoms with Gasteiger partial charge in [0.2, 0.25) is 0 Å². The molecule has 9 aromatic rings. The summed E-state index contributed by atoms with van der Waals surface area (Å²) in [4.78, 5) is 2.26.